The number of nitrogens with two attached hydrogens (primary N) is 1. The number of rotatable bonds is 4. The van der Waals surface area contributed by atoms with Gasteiger partial charge in [-0.05, 0) is 50.0 Å². The second-order valence-electron chi connectivity index (χ2n) is 4.41. The Morgan fingerprint density at radius 3 is 2.88 bits per heavy atom. The van der Waals surface area contributed by atoms with E-state index >= 15 is 0 Å². The van der Waals surface area contributed by atoms with E-state index in [0.29, 0.717) is 0 Å². The number of piperidine rings is 1. The second kappa shape index (κ2) is 6.17. The molecule has 4 heteroatoms. The molecule has 2 rings (SSSR count). The molecule has 1 aromatic rings. The smallest absolute Gasteiger partial charge is 0.120 e. The largest absolute Gasteiger partial charge is 0.497 e. The number of methoxy groups -OCH3 is 1. The third-order valence-corrected chi connectivity index (χ3v) is 4.46. The number of nitrogen functional groups attached to an aromatic ring is 1. The summed E-state index contributed by atoms with van der Waals surface area (Å²) < 4.78 is 5.22. The summed E-state index contributed by atoms with van der Waals surface area (Å²) in [7, 11) is 1.69. The zero-order valence-electron chi connectivity index (χ0n) is 10.2. The van der Waals surface area contributed by atoms with Crippen molar-refractivity contribution in [2.45, 2.75) is 17.7 Å². The van der Waals surface area contributed by atoms with Gasteiger partial charge in [0.25, 0.3) is 0 Å². The standard InChI is InChI=1S/C13H20N2OS/c1-16-11-2-3-12(14)13(8-11)17-9-10-4-6-15-7-5-10/h2-3,8,10,15H,4-7,9,14H2,1H3. The van der Waals surface area contributed by atoms with Gasteiger partial charge in [0.2, 0.25) is 0 Å². The third kappa shape index (κ3) is 3.54. The minimum atomic E-state index is 0.812. The van der Waals surface area contributed by atoms with Gasteiger partial charge in [-0.15, -0.1) is 11.8 Å². The van der Waals surface area contributed by atoms with E-state index in [1.807, 2.05) is 30.0 Å². The molecule has 0 aromatic heterocycles. The maximum Gasteiger partial charge on any atom is 0.120 e. The minimum absolute atomic E-state index is 0.812. The van der Waals surface area contributed by atoms with Crippen molar-refractivity contribution in [2.24, 2.45) is 5.92 Å². The van der Waals surface area contributed by atoms with Crippen LogP contribution in [0.4, 0.5) is 5.69 Å². The van der Waals surface area contributed by atoms with Crippen LogP contribution in [0.15, 0.2) is 23.1 Å². The highest BCUT2D eigenvalue weighted by Crippen LogP contribution is 2.31. The van der Waals surface area contributed by atoms with E-state index < -0.39 is 0 Å². The summed E-state index contributed by atoms with van der Waals surface area (Å²) in [6.45, 7) is 2.30. The van der Waals surface area contributed by atoms with E-state index in [1.54, 1.807) is 7.11 Å². The Bertz CT molecular complexity index is 364. The van der Waals surface area contributed by atoms with Crippen molar-refractivity contribution in [3.8, 4) is 5.75 Å². The first-order valence-corrected chi connectivity index (χ1v) is 7.05. The molecule has 0 unspecified atom stereocenters. The van der Waals surface area contributed by atoms with E-state index in [-0.39, 0.29) is 0 Å². The predicted molar refractivity (Wildman–Crippen MR) is 73.7 cm³/mol. The monoisotopic (exact) mass is 252 g/mol. The maximum absolute atomic E-state index is 5.97. The number of benzene rings is 1. The molecule has 17 heavy (non-hydrogen) atoms. The molecule has 0 spiro atoms. The van der Waals surface area contributed by atoms with Gasteiger partial charge in [0.05, 0.1) is 7.11 Å². The first kappa shape index (κ1) is 12.6. The van der Waals surface area contributed by atoms with Crippen LogP contribution < -0.4 is 15.8 Å². The molecule has 0 radical (unpaired) electrons. The first-order chi connectivity index (χ1) is 8.29. The van der Waals surface area contributed by atoms with Crippen LogP contribution >= 0.6 is 11.8 Å². The molecule has 0 atom stereocenters. The molecule has 1 aliphatic heterocycles. The summed E-state index contributed by atoms with van der Waals surface area (Å²) in [4.78, 5) is 1.14. The highest BCUT2D eigenvalue weighted by Gasteiger charge is 2.14. The normalized spacial score (nSPS) is 17.0. The summed E-state index contributed by atoms with van der Waals surface area (Å²) in [5.74, 6) is 2.85. The lowest BCUT2D eigenvalue weighted by Gasteiger charge is -2.22. The predicted octanol–water partition coefficient (Wildman–Crippen LogP) is 2.37. The quantitative estimate of drug-likeness (QED) is 0.638. The average Bonchev–Trinajstić information content (AvgIpc) is 2.39. The van der Waals surface area contributed by atoms with Gasteiger partial charge in [0.1, 0.15) is 5.75 Å². The summed E-state index contributed by atoms with van der Waals surface area (Å²) in [6.07, 6.45) is 2.55. The SMILES string of the molecule is COc1ccc(N)c(SCC2CCNCC2)c1. The summed E-state index contributed by atoms with van der Waals surface area (Å²) in [5, 5.41) is 3.39. The molecule has 0 aliphatic carbocycles. The lowest BCUT2D eigenvalue weighted by molar-refractivity contribution is 0.407. The van der Waals surface area contributed by atoms with Crippen LogP contribution in [0.2, 0.25) is 0 Å². The van der Waals surface area contributed by atoms with Crippen molar-refractivity contribution < 1.29 is 4.74 Å². The van der Waals surface area contributed by atoms with Gasteiger partial charge in [-0.25, -0.2) is 0 Å². The molecule has 0 saturated carbocycles. The van der Waals surface area contributed by atoms with Crippen molar-refractivity contribution in [3.05, 3.63) is 18.2 Å². The molecular formula is C13H20N2OS. The van der Waals surface area contributed by atoms with Gasteiger partial charge in [-0.3, -0.25) is 0 Å². The molecule has 0 amide bonds. The van der Waals surface area contributed by atoms with E-state index in [2.05, 4.69) is 5.32 Å². The zero-order valence-corrected chi connectivity index (χ0v) is 11.1. The third-order valence-electron chi connectivity index (χ3n) is 3.15. The van der Waals surface area contributed by atoms with E-state index in [0.717, 1.165) is 41.1 Å². The number of hydrogen-bond donors (Lipinski definition) is 2. The number of anilines is 1. The summed E-state index contributed by atoms with van der Waals surface area (Å²) in [5.41, 5.74) is 6.82. The Balaban J connectivity index is 1.92. The molecule has 1 fully saturated rings. The van der Waals surface area contributed by atoms with Crippen LogP contribution in [0, 0.1) is 5.92 Å². The molecule has 94 valence electrons. The fourth-order valence-electron chi connectivity index (χ4n) is 2.02. The van der Waals surface area contributed by atoms with Gasteiger partial charge >= 0.3 is 0 Å². The van der Waals surface area contributed by atoms with Gasteiger partial charge in [0, 0.05) is 16.3 Å². The zero-order chi connectivity index (χ0) is 12.1. The van der Waals surface area contributed by atoms with Crippen molar-refractivity contribution in [2.75, 3.05) is 31.7 Å². The molecule has 0 bridgehead atoms. The van der Waals surface area contributed by atoms with Crippen LogP contribution in [0.1, 0.15) is 12.8 Å². The lowest BCUT2D eigenvalue weighted by atomic mass is 10.0. The van der Waals surface area contributed by atoms with Crippen LogP contribution in [-0.2, 0) is 0 Å². The topological polar surface area (TPSA) is 47.3 Å². The average molecular weight is 252 g/mol. The van der Waals surface area contributed by atoms with Crippen molar-refractivity contribution >= 4 is 17.4 Å². The van der Waals surface area contributed by atoms with E-state index in [9.17, 15) is 0 Å². The highest BCUT2D eigenvalue weighted by molar-refractivity contribution is 7.99. The van der Waals surface area contributed by atoms with Crippen LogP contribution in [-0.4, -0.2) is 26.0 Å². The maximum atomic E-state index is 5.97. The Hall–Kier alpha value is -0.870. The Labute approximate surface area is 107 Å². The Morgan fingerprint density at radius 2 is 2.18 bits per heavy atom. The highest BCUT2D eigenvalue weighted by atomic mass is 32.2. The first-order valence-electron chi connectivity index (χ1n) is 6.06. The van der Waals surface area contributed by atoms with Gasteiger partial charge in [-0.2, -0.15) is 0 Å². The molecule has 1 saturated heterocycles. The van der Waals surface area contributed by atoms with Gasteiger partial charge in [0.15, 0.2) is 0 Å². The molecule has 1 aliphatic rings. The number of hydrogen-bond acceptors (Lipinski definition) is 4. The molecular weight excluding hydrogens is 232 g/mol. The number of ether oxygens (including phenoxy) is 1. The lowest BCUT2D eigenvalue weighted by Crippen LogP contribution is -2.28. The molecule has 1 heterocycles. The Kier molecular flexibility index (Phi) is 4.57. The van der Waals surface area contributed by atoms with Crippen LogP contribution in [0.25, 0.3) is 0 Å². The summed E-state index contributed by atoms with van der Waals surface area (Å²) >= 11 is 1.85. The van der Waals surface area contributed by atoms with E-state index in [4.69, 9.17) is 10.5 Å². The Morgan fingerprint density at radius 1 is 1.41 bits per heavy atom. The minimum Gasteiger partial charge on any atom is -0.497 e. The molecule has 1 aromatic carbocycles. The second-order valence-corrected chi connectivity index (χ2v) is 5.47. The fourth-order valence-corrected chi connectivity index (χ4v) is 3.21. The number of nitrogens with one attached hydrogen (secondary N) is 1. The van der Waals surface area contributed by atoms with Crippen molar-refractivity contribution in [1.82, 2.24) is 5.32 Å². The fraction of sp³-hybridized carbons (Fsp3) is 0.538. The molecule has 3 N–H and O–H groups in total. The van der Waals surface area contributed by atoms with Crippen molar-refractivity contribution in [1.29, 1.82) is 0 Å². The van der Waals surface area contributed by atoms with E-state index in [1.165, 1.54) is 12.8 Å². The summed E-state index contributed by atoms with van der Waals surface area (Å²) in [6, 6.07) is 5.86. The van der Waals surface area contributed by atoms with Gasteiger partial charge in [-0.1, -0.05) is 0 Å². The van der Waals surface area contributed by atoms with Crippen LogP contribution in [0.5, 0.6) is 5.75 Å². The van der Waals surface area contributed by atoms with Crippen molar-refractivity contribution in [3.63, 3.8) is 0 Å². The van der Waals surface area contributed by atoms with Crippen LogP contribution in [0.3, 0.4) is 0 Å². The van der Waals surface area contributed by atoms with Gasteiger partial charge < -0.3 is 15.8 Å². The number of thioether (sulfide) groups is 1. The molecule has 3 nitrogen and oxygen atoms in total.